The molecule has 1 fully saturated rings. The molecule has 1 aliphatic rings. The number of aliphatic hydroxyl groups excluding tert-OH is 1. The predicted octanol–water partition coefficient (Wildman–Crippen LogP) is 5.37. The number of hydrogen-bond donors (Lipinski definition) is 5. The molecule has 1 saturated heterocycles. The minimum Gasteiger partial charge on any atom is -0.444 e. The van der Waals surface area contributed by atoms with Crippen LogP contribution in [0.5, 0.6) is 0 Å². The molecule has 0 radical (unpaired) electrons. The maximum absolute atomic E-state index is 14.0. The van der Waals surface area contributed by atoms with Crippen molar-refractivity contribution in [3.05, 3.63) is 76.4 Å². The van der Waals surface area contributed by atoms with Gasteiger partial charge in [-0.2, -0.15) is 0 Å². The number of benzene rings is 2. The zero-order chi connectivity index (χ0) is 43.3. The van der Waals surface area contributed by atoms with Crippen molar-refractivity contribution in [1.29, 1.82) is 0 Å². The summed E-state index contributed by atoms with van der Waals surface area (Å²) in [4.78, 5) is 58.1. The minimum atomic E-state index is -0.793. The van der Waals surface area contributed by atoms with Gasteiger partial charge in [0.2, 0.25) is 17.7 Å². The first kappa shape index (κ1) is 47.3. The van der Waals surface area contributed by atoms with Gasteiger partial charge in [-0.25, -0.2) is 9.78 Å². The Morgan fingerprint density at radius 2 is 1.66 bits per heavy atom. The van der Waals surface area contributed by atoms with E-state index < -0.39 is 53.3 Å². The van der Waals surface area contributed by atoms with Crippen molar-refractivity contribution in [3.63, 3.8) is 0 Å². The number of aliphatic hydroxyl groups is 1. The van der Waals surface area contributed by atoms with E-state index in [1.54, 1.807) is 32.1 Å². The lowest BCUT2D eigenvalue weighted by molar-refractivity contribution is -0.142. The lowest BCUT2D eigenvalue weighted by Gasteiger charge is -2.35. The number of likely N-dealkylation sites (tertiary alicyclic amines) is 1. The van der Waals surface area contributed by atoms with Crippen molar-refractivity contribution >= 4 is 35.2 Å². The van der Waals surface area contributed by atoms with E-state index >= 15 is 0 Å². The first-order chi connectivity index (χ1) is 27.8. The van der Waals surface area contributed by atoms with Crippen LogP contribution in [0, 0.1) is 12.3 Å². The molecule has 15 heteroatoms. The smallest absolute Gasteiger partial charge is 0.407 e. The quantitative estimate of drug-likeness (QED) is 0.0730. The van der Waals surface area contributed by atoms with Gasteiger partial charge >= 0.3 is 6.09 Å². The molecule has 14 nitrogen and oxygen atoms in total. The van der Waals surface area contributed by atoms with Crippen molar-refractivity contribution in [2.45, 2.75) is 137 Å². The predicted molar refractivity (Wildman–Crippen MR) is 228 cm³/mol. The Balaban J connectivity index is 1.20. The van der Waals surface area contributed by atoms with Crippen LogP contribution in [0.15, 0.2) is 54.0 Å². The van der Waals surface area contributed by atoms with Gasteiger partial charge in [0.05, 0.1) is 53.7 Å². The maximum Gasteiger partial charge on any atom is 0.407 e. The third-order valence-electron chi connectivity index (χ3n) is 10.1. The molecule has 3 aromatic rings. The Bertz CT molecular complexity index is 1820. The number of nitrogens with one attached hydrogen (secondary N) is 3. The average Bonchev–Trinajstić information content (AvgIpc) is 3.78. The summed E-state index contributed by atoms with van der Waals surface area (Å²) in [5.41, 5.74) is 11.1. The van der Waals surface area contributed by atoms with Crippen molar-refractivity contribution in [2.75, 3.05) is 19.9 Å². The molecule has 1 aliphatic heterocycles. The number of aromatic nitrogens is 1. The normalized spacial score (nSPS) is 17.3. The van der Waals surface area contributed by atoms with Crippen molar-refractivity contribution in [3.8, 4) is 10.4 Å². The molecule has 5 atom stereocenters. The zero-order valence-electron chi connectivity index (χ0n) is 35.8. The number of primary amides is 1. The average molecular weight is 837 g/mol. The molecule has 0 aliphatic carbocycles. The number of carbonyl (C=O) groups is 4. The van der Waals surface area contributed by atoms with E-state index in [4.69, 9.17) is 19.9 Å². The molecule has 0 spiro atoms. The number of rotatable bonds is 20. The van der Waals surface area contributed by atoms with E-state index in [9.17, 15) is 24.3 Å². The Morgan fingerprint density at radius 3 is 2.27 bits per heavy atom. The number of nitrogens with zero attached hydrogens (tertiary/aromatic N) is 2. The Labute approximate surface area is 353 Å². The summed E-state index contributed by atoms with van der Waals surface area (Å²) in [5.74, 6) is -1.00. The van der Waals surface area contributed by atoms with Gasteiger partial charge in [-0.3, -0.25) is 19.7 Å². The second-order valence-electron chi connectivity index (χ2n) is 17.3. The second kappa shape index (κ2) is 21.7. The number of amides is 4. The van der Waals surface area contributed by atoms with Gasteiger partial charge in [0, 0.05) is 32.5 Å². The van der Waals surface area contributed by atoms with Gasteiger partial charge < -0.3 is 40.6 Å². The molecule has 0 saturated carbocycles. The molecule has 0 bridgehead atoms. The number of β-amino-alcohol motifs (C(OH)–C–C–N with tert-alkyl or cyclic N) is 1. The number of aryl methyl sites for hydroxylation is 2. The number of hydrogen-bond acceptors (Lipinski definition) is 11. The highest BCUT2D eigenvalue weighted by molar-refractivity contribution is 7.13. The van der Waals surface area contributed by atoms with E-state index in [1.165, 1.54) is 4.90 Å². The van der Waals surface area contributed by atoms with Gasteiger partial charge in [0.25, 0.3) is 0 Å². The molecule has 2 aromatic carbocycles. The van der Waals surface area contributed by atoms with Gasteiger partial charge in [0.1, 0.15) is 11.6 Å². The van der Waals surface area contributed by atoms with E-state index in [2.05, 4.69) is 20.9 Å². The third-order valence-corrected chi connectivity index (χ3v) is 11.0. The largest absolute Gasteiger partial charge is 0.444 e. The van der Waals surface area contributed by atoms with Crippen molar-refractivity contribution < 1.29 is 38.5 Å². The second-order valence-corrected chi connectivity index (χ2v) is 18.2. The molecule has 6 N–H and O–H groups in total. The summed E-state index contributed by atoms with van der Waals surface area (Å²) >= 11 is 1.59. The molecular weight excluding hydrogens is 773 g/mol. The SMILES string of the molecule is Cc1ncsc1-c1ccc(CNC(=O)[C@@H]2C[C@@H](O)CN2C(=O)[C@@H](NCOCCCc2ccc(CO[C@H](C)[C@H](CCC(N)=O)NC(=O)OC(C)(C)C)cc2)C(C)(C)C)cc1. The Morgan fingerprint density at radius 1 is 1.00 bits per heavy atom. The topological polar surface area (TPSA) is 194 Å². The summed E-state index contributed by atoms with van der Waals surface area (Å²) < 4.78 is 17.4. The number of ether oxygens (including phenoxy) is 3. The fourth-order valence-corrected chi connectivity index (χ4v) is 7.63. The van der Waals surface area contributed by atoms with Crippen LogP contribution in [-0.2, 0) is 48.2 Å². The molecule has 4 rings (SSSR count). The summed E-state index contributed by atoms with van der Waals surface area (Å²) in [6.45, 7) is 16.4. The lowest BCUT2D eigenvalue weighted by atomic mass is 9.85. The molecule has 0 unspecified atom stereocenters. The fraction of sp³-hybridized carbons (Fsp3) is 0.568. The van der Waals surface area contributed by atoms with Crippen LogP contribution in [0.3, 0.4) is 0 Å². The summed E-state index contributed by atoms with van der Waals surface area (Å²) in [6.07, 6.45) is 0.377. The highest BCUT2D eigenvalue weighted by Crippen LogP contribution is 2.28. The van der Waals surface area contributed by atoms with Gasteiger partial charge in [-0.15, -0.1) is 11.3 Å². The maximum atomic E-state index is 14.0. The Hall–Kier alpha value is -4.41. The highest BCUT2D eigenvalue weighted by atomic mass is 32.1. The molecule has 1 aromatic heterocycles. The van der Waals surface area contributed by atoms with E-state index in [-0.39, 0.29) is 37.9 Å². The number of alkyl carbamates (subject to hydrolysis) is 1. The van der Waals surface area contributed by atoms with Crippen molar-refractivity contribution in [1.82, 2.24) is 25.8 Å². The van der Waals surface area contributed by atoms with Crippen LogP contribution in [0.1, 0.15) is 96.5 Å². The number of carbonyl (C=O) groups excluding carboxylic acids is 4. The third kappa shape index (κ3) is 15.3. The lowest BCUT2D eigenvalue weighted by Crippen LogP contribution is -2.56. The number of thiazole rings is 1. The van der Waals surface area contributed by atoms with Crippen LogP contribution in [-0.4, -0.2) is 94.6 Å². The fourth-order valence-electron chi connectivity index (χ4n) is 6.82. The highest BCUT2D eigenvalue weighted by Gasteiger charge is 2.43. The summed E-state index contributed by atoms with van der Waals surface area (Å²) in [7, 11) is 0. The Kier molecular flexibility index (Phi) is 17.4. The first-order valence-corrected chi connectivity index (χ1v) is 21.2. The zero-order valence-corrected chi connectivity index (χ0v) is 36.7. The van der Waals surface area contributed by atoms with Crippen LogP contribution < -0.4 is 21.7 Å². The minimum absolute atomic E-state index is 0.0850. The van der Waals surface area contributed by atoms with E-state index in [0.29, 0.717) is 26.2 Å². The molecule has 324 valence electrons. The van der Waals surface area contributed by atoms with Crippen LogP contribution in [0.2, 0.25) is 0 Å². The van der Waals surface area contributed by atoms with Gasteiger partial charge in [-0.05, 0) is 81.5 Å². The van der Waals surface area contributed by atoms with Crippen molar-refractivity contribution in [2.24, 2.45) is 11.1 Å². The van der Waals surface area contributed by atoms with Gasteiger partial charge in [0.15, 0.2) is 0 Å². The standard InChI is InChI=1S/C44H64N6O8S/c1-28-38(59-27-48-28)33-17-15-31(16-18-33)23-46-40(53)36-22-34(51)24-50(36)41(54)39(43(3,4)5)47-26-56-21-9-10-30-11-13-32(14-12-30)25-57-29(2)35(19-20-37(45)52)49-42(55)58-44(6,7)8/h11-18,27,29,34-36,39,47,51H,9-10,19-26H2,1-8H3,(H2,45,52)(H,46,53)(H,49,55)/t29-,34-,35+,36+,39-/m1/s1. The van der Waals surface area contributed by atoms with Crippen LogP contribution >= 0.6 is 11.3 Å². The van der Waals surface area contributed by atoms with Gasteiger partial charge in [-0.1, -0.05) is 69.3 Å². The monoisotopic (exact) mass is 836 g/mol. The molecule has 4 amide bonds. The molecule has 2 heterocycles. The summed E-state index contributed by atoms with van der Waals surface area (Å²) in [6, 6.07) is 14.2. The molecule has 59 heavy (non-hydrogen) atoms. The summed E-state index contributed by atoms with van der Waals surface area (Å²) in [5, 5.41) is 19.6. The first-order valence-electron chi connectivity index (χ1n) is 20.3. The van der Waals surface area contributed by atoms with Crippen LogP contribution in [0.4, 0.5) is 4.79 Å². The van der Waals surface area contributed by atoms with E-state index in [1.807, 2.05) is 88.7 Å². The number of nitrogens with two attached hydrogens (primary N) is 1. The molecular formula is C44H64N6O8S. The van der Waals surface area contributed by atoms with E-state index in [0.717, 1.165) is 45.7 Å². The van der Waals surface area contributed by atoms with Crippen LogP contribution in [0.25, 0.3) is 10.4 Å².